The zero-order valence-corrected chi connectivity index (χ0v) is 21.2. The minimum Gasteiger partial charge on any atom is -0.357 e. The SMILES string of the molecule is CN=C(NCCCN1CCC(C)CC1)NCc1ccc(N2CCCCCC2)nc1.I. The summed E-state index contributed by atoms with van der Waals surface area (Å²) < 4.78 is 0. The largest absolute Gasteiger partial charge is 0.357 e. The maximum absolute atomic E-state index is 4.70. The van der Waals surface area contributed by atoms with Gasteiger partial charge in [-0.1, -0.05) is 25.8 Å². The highest BCUT2D eigenvalue weighted by Gasteiger charge is 2.15. The Morgan fingerprint density at radius 1 is 1.07 bits per heavy atom. The normalized spacial score (nSPS) is 19.1. The molecule has 3 heterocycles. The summed E-state index contributed by atoms with van der Waals surface area (Å²) in [7, 11) is 1.84. The second-order valence-corrected chi connectivity index (χ2v) is 8.66. The van der Waals surface area contributed by atoms with Crippen molar-refractivity contribution in [1.29, 1.82) is 0 Å². The third-order valence-electron chi connectivity index (χ3n) is 6.24. The highest BCUT2D eigenvalue weighted by molar-refractivity contribution is 14.0. The van der Waals surface area contributed by atoms with Crippen LogP contribution < -0.4 is 15.5 Å². The summed E-state index contributed by atoms with van der Waals surface area (Å²) in [5.74, 6) is 2.89. The first-order chi connectivity index (χ1) is 14.2. The lowest BCUT2D eigenvalue weighted by Gasteiger charge is -2.30. The molecule has 2 aliphatic rings. The van der Waals surface area contributed by atoms with Crippen LogP contribution in [0.5, 0.6) is 0 Å². The Bertz CT molecular complexity index is 605. The van der Waals surface area contributed by atoms with Crippen molar-refractivity contribution in [3.8, 4) is 0 Å². The topological polar surface area (TPSA) is 55.8 Å². The molecule has 0 atom stereocenters. The number of nitrogens with zero attached hydrogens (tertiary/aromatic N) is 4. The van der Waals surface area contributed by atoms with E-state index in [-0.39, 0.29) is 24.0 Å². The fourth-order valence-electron chi connectivity index (χ4n) is 4.21. The van der Waals surface area contributed by atoms with Crippen molar-refractivity contribution in [1.82, 2.24) is 20.5 Å². The average molecular weight is 529 g/mol. The summed E-state index contributed by atoms with van der Waals surface area (Å²) in [6, 6.07) is 4.35. The predicted molar refractivity (Wildman–Crippen MR) is 138 cm³/mol. The summed E-state index contributed by atoms with van der Waals surface area (Å²) in [4.78, 5) is 14.1. The molecule has 0 saturated carbocycles. The number of likely N-dealkylation sites (tertiary alicyclic amines) is 1. The Hall–Kier alpha value is -1.09. The van der Waals surface area contributed by atoms with E-state index in [2.05, 4.69) is 44.5 Å². The van der Waals surface area contributed by atoms with Gasteiger partial charge in [0.05, 0.1) is 0 Å². The number of halogens is 1. The molecule has 30 heavy (non-hydrogen) atoms. The molecule has 3 rings (SSSR count). The Balaban J connectivity index is 0.00000320. The third-order valence-corrected chi connectivity index (χ3v) is 6.24. The van der Waals surface area contributed by atoms with Gasteiger partial charge in [0.15, 0.2) is 5.96 Å². The molecule has 1 aromatic rings. The maximum Gasteiger partial charge on any atom is 0.191 e. The smallest absolute Gasteiger partial charge is 0.191 e. The lowest BCUT2D eigenvalue weighted by molar-refractivity contribution is 0.191. The van der Waals surface area contributed by atoms with Crippen LogP contribution in [-0.2, 0) is 6.54 Å². The molecule has 1 aromatic heterocycles. The summed E-state index contributed by atoms with van der Waals surface area (Å²) in [6.45, 7) is 10.0. The maximum atomic E-state index is 4.70. The van der Waals surface area contributed by atoms with E-state index in [4.69, 9.17) is 4.98 Å². The summed E-state index contributed by atoms with van der Waals surface area (Å²) >= 11 is 0. The van der Waals surface area contributed by atoms with Gasteiger partial charge in [0.1, 0.15) is 5.82 Å². The molecule has 0 unspecified atom stereocenters. The third kappa shape index (κ3) is 8.57. The van der Waals surface area contributed by atoms with Crippen LogP contribution in [0, 0.1) is 5.92 Å². The Labute approximate surface area is 200 Å². The van der Waals surface area contributed by atoms with Crippen LogP contribution in [0.2, 0.25) is 0 Å². The van der Waals surface area contributed by atoms with Gasteiger partial charge in [0.2, 0.25) is 0 Å². The van der Waals surface area contributed by atoms with Crippen molar-refractivity contribution < 1.29 is 0 Å². The van der Waals surface area contributed by atoms with Crippen LogP contribution in [0.1, 0.15) is 57.4 Å². The molecule has 0 amide bonds. The molecule has 6 nitrogen and oxygen atoms in total. The fourth-order valence-corrected chi connectivity index (χ4v) is 4.21. The first-order valence-corrected chi connectivity index (χ1v) is 11.6. The van der Waals surface area contributed by atoms with E-state index < -0.39 is 0 Å². The van der Waals surface area contributed by atoms with Crippen LogP contribution in [-0.4, -0.2) is 62.2 Å². The minimum absolute atomic E-state index is 0. The van der Waals surface area contributed by atoms with E-state index in [1.807, 2.05) is 13.2 Å². The number of piperidine rings is 1. The lowest BCUT2D eigenvalue weighted by Crippen LogP contribution is -2.39. The number of anilines is 1. The number of aromatic nitrogens is 1. The molecule has 0 radical (unpaired) electrons. The molecule has 2 fully saturated rings. The van der Waals surface area contributed by atoms with Crippen molar-refractivity contribution in [2.45, 2.75) is 58.4 Å². The van der Waals surface area contributed by atoms with Crippen LogP contribution in [0.25, 0.3) is 0 Å². The first-order valence-electron chi connectivity index (χ1n) is 11.6. The van der Waals surface area contributed by atoms with E-state index in [9.17, 15) is 0 Å². The van der Waals surface area contributed by atoms with Crippen molar-refractivity contribution in [3.63, 3.8) is 0 Å². The monoisotopic (exact) mass is 528 g/mol. The van der Waals surface area contributed by atoms with Gasteiger partial charge < -0.3 is 20.4 Å². The number of aliphatic imine (C=N–C) groups is 1. The standard InChI is InChI=1S/C23H40N6.HI/c1-20-10-16-28(17-11-20)13-7-12-25-23(24-2)27-19-21-8-9-22(26-18-21)29-14-5-3-4-6-15-29;/h8-9,18,20H,3-7,10-17,19H2,1-2H3,(H2,24,25,27);1H. The van der Waals surface area contributed by atoms with Crippen LogP contribution >= 0.6 is 24.0 Å². The number of rotatable bonds is 7. The number of guanidine groups is 1. The Morgan fingerprint density at radius 3 is 2.43 bits per heavy atom. The predicted octanol–water partition coefficient (Wildman–Crippen LogP) is 3.87. The zero-order valence-electron chi connectivity index (χ0n) is 18.9. The van der Waals surface area contributed by atoms with Crippen molar-refractivity contribution >= 4 is 35.8 Å². The van der Waals surface area contributed by atoms with Crippen LogP contribution in [0.15, 0.2) is 23.3 Å². The van der Waals surface area contributed by atoms with Gasteiger partial charge in [-0.05, 0) is 69.3 Å². The fraction of sp³-hybridized carbons (Fsp3) is 0.739. The second kappa shape index (κ2) is 14.1. The van der Waals surface area contributed by atoms with Crippen LogP contribution in [0.3, 0.4) is 0 Å². The van der Waals surface area contributed by atoms with E-state index in [1.54, 1.807) is 0 Å². The molecule has 0 bridgehead atoms. The van der Waals surface area contributed by atoms with Gasteiger partial charge in [0.25, 0.3) is 0 Å². The summed E-state index contributed by atoms with van der Waals surface area (Å²) in [6.07, 6.45) is 11.1. The highest BCUT2D eigenvalue weighted by atomic mass is 127. The average Bonchev–Trinajstić information content (AvgIpc) is 3.04. The number of nitrogens with one attached hydrogen (secondary N) is 2. The molecular formula is C23H41IN6. The summed E-state index contributed by atoms with van der Waals surface area (Å²) in [5, 5.41) is 6.85. The highest BCUT2D eigenvalue weighted by Crippen LogP contribution is 2.17. The molecule has 7 heteroatoms. The van der Waals surface area contributed by atoms with Crippen molar-refractivity contribution in [2.75, 3.05) is 51.2 Å². The Kier molecular flexibility index (Phi) is 11.8. The van der Waals surface area contributed by atoms with Gasteiger partial charge in [0, 0.05) is 39.4 Å². The molecular weight excluding hydrogens is 487 g/mol. The van der Waals surface area contributed by atoms with Gasteiger partial charge in [-0.25, -0.2) is 4.98 Å². The van der Waals surface area contributed by atoms with E-state index in [0.717, 1.165) is 50.3 Å². The summed E-state index contributed by atoms with van der Waals surface area (Å²) in [5.41, 5.74) is 1.19. The lowest BCUT2D eigenvalue weighted by atomic mass is 9.99. The molecule has 0 spiro atoms. The number of hydrogen-bond acceptors (Lipinski definition) is 4. The molecule has 2 aliphatic heterocycles. The molecule has 2 N–H and O–H groups in total. The van der Waals surface area contributed by atoms with Crippen molar-refractivity contribution in [3.05, 3.63) is 23.9 Å². The minimum atomic E-state index is 0. The molecule has 170 valence electrons. The number of hydrogen-bond donors (Lipinski definition) is 2. The van der Waals surface area contributed by atoms with Gasteiger partial charge in [-0.2, -0.15) is 0 Å². The molecule has 0 aliphatic carbocycles. The van der Waals surface area contributed by atoms with Gasteiger partial charge >= 0.3 is 0 Å². The molecule has 0 aromatic carbocycles. The second-order valence-electron chi connectivity index (χ2n) is 8.66. The number of pyridine rings is 1. The Morgan fingerprint density at radius 2 is 1.80 bits per heavy atom. The van der Waals surface area contributed by atoms with Gasteiger partial charge in [-0.3, -0.25) is 4.99 Å². The zero-order chi connectivity index (χ0) is 20.3. The molecule has 2 saturated heterocycles. The van der Waals surface area contributed by atoms with Crippen molar-refractivity contribution in [2.24, 2.45) is 10.9 Å². The van der Waals surface area contributed by atoms with E-state index in [0.29, 0.717) is 0 Å². The first kappa shape index (κ1) is 25.2. The van der Waals surface area contributed by atoms with E-state index >= 15 is 0 Å². The van der Waals surface area contributed by atoms with Crippen LogP contribution in [0.4, 0.5) is 5.82 Å². The van der Waals surface area contributed by atoms with Gasteiger partial charge in [-0.15, -0.1) is 24.0 Å². The quantitative estimate of drug-likeness (QED) is 0.244. The van der Waals surface area contributed by atoms with E-state index in [1.165, 1.54) is 63.7 Å².